The number of halogens is 1. The second-order valence-electron chi connectivity index (χ2n) is 5.22. The molecule has 2 heteroatoms. The largest absolute Gasteiger partial charge is 0.378 e. The highest BCUT2D eigenvalue weighted by atomic mass is 19.1. The third-order valence-electron chi connectivity index (χ3n) is 3.75. The van der Waals surface area contributed by atoms with Gasteiger partial charge in [0.05, 0.1) is 6.04 Å². The van der Waals surface area contributed by atoms with Crippen LogP contribution in [0.2, 0.25) is 0 Å². The number of hydrogen-bond acceptors (Lipinski definition) is 1. The van der Waals surface area contributed by atoms with E-state index in [0.29, 0.717) is 0 Å². The van der Waals surface area contributed by atoms with Gasteiger partial charge in [-0.05, 0) is 47.0 Å². The number of rotatable bonds is 4. The Kier molecular flexibility index (Phi) is 3.87. The summed E-state index contributed by atoms with van der Waals surface area (Å²) in [6.45, 7) is 2.10. The monoisotopic (exact) mass is 279 g/mol. The molecule has 1 atom stereocenters. The van der Waals surface area contributed by atoms with Crippen LogP contribution in [0.1, 0.15) is 24.9 Å². The first-order valence-corrected chi connectivity index (χ1v) is 7.27. The summed E-state index contributed by atoms with van der Waals surface area (Å²) in [5, 5.41) is 5.93. The normalized spacial score (nSPS) is 12.3. The van der Waals surface area contributed by atoms with Crippen LogP contribution in [0.4, 0.5) is 10.1 Å². The maximum Gasteiger partial charge on any atom is 0.123 e. The molecule has 0 aromatic heterocycles. The number of hydrogen-bond donors (Lipinski definition) is 1. The van der Waals surface area contributed by atoms with E-state index in [4.69, 9.17) is 0 Å². The molecule has 0 aliphatic rings. The highest BCUT2D eigenvalue weighted by Crippen LogP contribution is 2.25. The van der Waals surface area contributed by atoms with Gasteiger partial charge in [0.15, 0.2) is 0 Å². The first kappa shape index (κ1) is 13.6. The van der Waals surface area contributed by atoms with Crippen LogP contribution in [0.25, 0.3) is 10.8 Å². The minimum absolute atomic E-state index is 0.113. The van der Waals surface area contributed by atoms with Gasteiger partial charge < -0.3 is 5.32 Å². The van der Waals surface area contributed by atoms with E-state index in [1.165, 1.54) is 16.8 Å². The van der Waals surface area contributed by atoms with Gasteiger partial charge in [0.2, 0.25) is 0 Å². The molecule has 0 fully saturated rings. The van der Waals surface area contributed by atoms with Crippen LogP contribution in [0.5, 0.6) is 0 Å². The Morgan fingerprint density at radius 2 is 1.71 bits per heavy atom. The molecule has 0 aliphatic heterocycles. The van der Waals surface area contributed by atoms with Crippen molar-refractivity contribution in [2.75, 3.05) is 5.32 Å². The molecular formula is C19H18FN. The van der Waals surface area contributed by atoms with Gasteiger partial charge in [0, 0.05) is 5.69 Å². The van der Waals surface area contributed by atoms with Crippen LogP contribution >= 0.6 is 0 Å². The highest BCUT2D eigenvalue weighted by molar-refractivity contribution is 5.85. The first-order valence-electron chi connectivity index (χ1n) is 7.27. The Hall–Kier alpha value is -2.35. The Labute approximate surface area is 124 Å². The minimum Gasteiger partial charge on any atom is -0.378 e. The molecule has 0 spiro atoms. The zero-order valence-corrected chi connectivity index (χ0v) is 12.0. The van der Waals surface area contributed by atoms with E-state index in [9.17, 15) is 4.39 Å². The summed E-state index contributed by atoms with van der Waals surface area (Å²) >= 11 is 0. The summed E-state index contributed by atoms with van der Waals surface area (Å²) in [4.78, 5) is 0. The van der Waals surface area contributed by atoms with E-state index >= 15 is 0 Å². The van der Waals surface area contributed by atoms with Gasteiger partial charge in [0.1, 0.15) is 5.82 Å². The Bertz CT molecular complexity index is 751. The zero-order valence-electron chi connectivity index (χ0n) is 12.0. The Morgan fingerprint density at radius 3 is 2.48 bits per heavy atom. The fourth-order valence-electron chi connectivity index (χ4n) is 2.62. The molecular weight excluding hydrogens is 261 g/mol. The molecule has 0 heterocycles. The summed E-state index contributed by atoms with van der Waals surface area (Å²) in [5.74, 6) is -0.189. The smallest absolute Gasteiger partial charge is 0.123 e. The number of fused-ring (bicyclic) bond motifs is 1. The molecule has 3 rings (SSSR count). The van der Waals surface area contributed by atoms with Gasteiger partial charge in [-0.15, -0.1) is 0 Å². The molecule has 3 aromatic rings. The topological polar surface area (TPSA) is 12.0 Å². The summed E-state index contributed by atoms with van der Waals surface area (Å²) in [7, 11) is 0. The van der Waals surface area contributed by atoms with Crippen molar-refractivity contribution in [1.82, 2.24) is 0 Å². The SMILES string of the molecule is CCC(Nc1ccc2ccccc2c1)c1cccc(F)c1. The molecule has 1 unspecified atom stereocenters. The maximum atomic E-state index is 13.4. The van der Waals surface area contributed by atoms with Crippen molar-refractivity contribution >= 4 is 16.5 Å². The van der Waals surface area contributed by atoms with Gasteiger partial charge in [0.25, 0.3) is 0 Å². The lowest BCUT2D eigenvalue weighted by Crippen LogP contribution is -2.09. The number of anilines is 1. The molecule has 0 radical (unpaired) electrons. The van der Waals surface area contributed by atoms with Gasteiger partial charge in [-0.25, -0.2) is 4.39 Å². The average molecular weight is 279 g/mol. The second-order valence-corrected chi connectivity index (χ2v) is 5.22. The van der Waals surface area contributed by atoms with Gasteiger partial charge >= 0.3 is 0 Å². The average Bonchev–Trinajstić information content (AvgIpc) is 2.52. The summed E-state index contributed by atoms with van der Waals surface area (Å²) in [6, 6.07) is 21.5. The van der Waals surface area contributed by atoms with E-state index in [1.807, 2.05) is 18.2 Å². The van der Waals surface area contributed by atoms with Crippen molar-refractivity contribution < 1.29 is 4.39 Å². The molecule has 0 amide bonds. The number of benzene rings is 3. The van der Waals surface area contributed by atoms with Crippen LogP contribution in [-0.4, -0.2) is 0 Å². The third-order valence-corrected chi connectivity index (χ3v) is 3.75. The fourth-order valence-corrected chi connectivity index (χ4v) is 2.62. The van der Waals surface area contributed by atoms with Crippen molar-refractivity contribution in [3.8, 4) is 0 Å². The minimum atomic E-state index is -0.189. The first-order chi connectivity index (χ1) is 10.3. The van der Waals surface area contributed by atoms with Crippen molar-refractivity contribution in [2.24, 2.45) is 0 Å². The van der Waals surface area contributed by atoms with Crippen LogP contribution in [-0.2, 0) is 0 Å². The summed E-state index contributed by atoms with van der Waals surface area (Å²) in [6.07, 6.45) is 0.899. The third kappa shape index (κ3) is 3.05. The maximum absolute atomic E-state index is 13.4. The van der Waals surface area contributed by atoms with E-state index < -0.39 is 0 Å². The zero-order chi connectivity index (χ0) is 14.7. The van der Waals surface area contributed by atoms with Crippen LogP contribution < -0.4 is 5.32 Å². The predicted octanol–water partition coefficient (Wildman–Crippen LogP) is 5.54. The lowest BCUT2D eigenvalue weighted by Gasteiger charge is -2.19. The van der Waals surface area contributed by atoms with Gasteiger partial charge in [-0.1, -0.05) is 49.4 Å². The van der Waals surface area contributed by atoms with E-state index in [1.54, 1.807) is 12.1 Å². The van der Waals surface area contributed by atoms with Crippen molar-refractivity contribution in [3.63, 3.8) is 0 Å². The van der Waals surface area contributed by atoms with Gasteiger partial charge in [-0.2, -0.15) is 0 Å². The Balaban J connectivity index is 1.88. The highest BCUT2D eigenvalue weighted by Gasteiger charge is 2.10. The van der Waals surface area contributed by atoms with E-state index in [0.717, 1.165) is 17.7 Å². The molecule has 0 saturated carbocycles. The lowest BCUT2D eigenvalue weighted by atomic mass is 10.0. The molecule has 0 aliphatic carbocycles. The van der Waals surface area contributed by atoms with E-state index in [-0.39, 0.29) is 11.9 Å². The fraction of sp³-hybridized carbons (Fsp3) is 0.158. The molecule has 1 nitrogen and oxygen atoms in total. The quantitative estimate of drug-likeness (QED) is 0.661. The molecule has 1 N–H and O–H groups in total. The molecule has 0 saturated heterocycles. The van der Waals surface area contributed by atoms with Crippen LogP contribution in [0.15, 0.2) is 66.7 Å². The lowest BCUT2D eigenvalue weighted by molar-refractivity contribution is 0.621. The molecule has 21 heavy (non-hydrogen) atoms. The summed E-state index contributed by atoms with van der Waals surface area (Å²) < 4.78 is 13.4. The van der Waals surface area contributed by atoms with Crippen molar-refractivity contribution in [3.05, 3.63) is 78.1 Å². The van der Waals surface area contributed by atoms with Crippen LogP contribution in [0, 0.1) is 5.82 Å². The molecule has 106 valence electrons. The summed E-state index contributed by atoms with van der Waals surface area (Å²) in [5.41, 5.74) is 2.04. The van der Waals surface area contributed by atoms with E-state index in [2.05, 4.69) is 42.6 Å². The van der Waals surface area contributed by atoms with Crippen molar-refractivity contribution in [1.29, 1.82) is 0 Å². The van der Waals surface area contributed by atoms with Crippen LogP contribution in [0.3, 0.4) is 0 Å². The number of nitrogens with one attached hydrogen (secondary N) is 1. The molecule has 0 bridgehead atoms. The van der Waals surface area contributed by atoms with Crippen molar-refractivity contribution in [2.45, 2.75) is 19.4 Å². The van der Waals surface area contributed by atoms with Gasteiger partial charge in [-0.3, -0.25) is 0 Å². The second kappa shape index (κ2) is 5.96. The Morgan fingerprint density at radius 1 is 0.905 bits per heavy atom. The molecule has 3 aromatic carbocycles. The standard InChI is InChI=1S/C19H18FN/c1-2-19(16-8-5-9-17(20)12-16)21-18-11-10-14-6-3-4-7-15(14)13-18/h3-13,19,21H,2H2,1H3. The predicted molar refractivity (Wildman–Crippen MR) is 87.0 cm³/mol.